The molecule has 0 amide bonds. The van der Waals surface area contributed by atoms with Crippen LogP contribution in [0.4, 0.5) is 0 Å². The first-order chi connectivity index (χ1) is 9.40. The number of hydrogen-bond acceptors (Lipinski definition) is 2. The quantitative estimate of drug-likeness (QED) is 0.872. The van der Waals surface area contributed by atoms with Crippen molar-refractivity contribution in [1.82, 2.24) is 10.3 Å². The minimum atomic E-state index is 0.420. The largest absolute Gasteiger partial charge is 0.316 e. The van der Waals surface area contributed by atoms with Gasteiger partial charge in [-0.25, -0.2) is 0 Å². The van der Waals surface area contributed by atoms with E-state index < -0.39 is 0 Å². The molecule has 3 atom stereocenters. The van der Waals surface area contributed by atoms with Crippen molar-refractivity contribution in [1.29, 1.82) is 0 Å². The van der Waals surface area contributed by atoms with Crippen LogP contribution in [-0.4, -0.2) is 18.1 Å². The highest BCUT2D eigenvalue weighted by Crippen LogP contribution is 2.37. The standard InChI is InChI=1S/C18H30N2/c1-13(12-18(2,3)4)11-16(19-5)15-9-8-14-7-6-10-20-17(14)15/h6-7,10,13,15-16,19H,8-9,11-12H2,1-5H3. The first-order valence-electron chi connectivity index (χ1n) is 8.02. The maximum Gasteiger partial charge on any atom is 0.0482 e. The lowest BCUT2D eigenvalue weighted by atomic mass is 9.80. The normalized spacial score (nSPS) is 21.6. The zero-order valence-electron chi connectivity index (χ0n) is 13.7. The minimum absolute atomic E-state index is 0.420. The van der Waals surface area contributed by atoms with Gasteiger partial charge >= 0.3 is 0 Å². The molecule has 1 aliphatic rings. The molecule has 20 heavy (non-hydrogen) atoms. The molecule has 1 N–H and O–H groups in total. The Morgan fingerprint density at radius 3 is 2.80 bits per heavy atom. The number of hydrogen-bond donors (Lipinski definition) is 1. The fourth-order valence-corrected chi connectivity index (χ4v) is 3.88. The number of rotatable bonds is 5. The molecule has 0 spiro atoms. The van der Waals surface area contributed by atoms with Gasteiger partial charge in [-0.15, -0.1) is 0 Å². The Kier molecular flexibility index (Phi) is 4.85. The second-order valence-electron chi connectivity index (χ2n) is 7.69. The summed E-state index contributed by atoms with van der Waals surface area (Å²) in [6.07, 6.45) is 6.92. The summed E-state index contributed by atoms with van der Waals surface area (Å²) in [7, 11) is 2.11. The monoisotopic (exact) mass is 274 g/mol. The second-order valence-corrected chi connectivity index (χ2v) is 7.69. The fourth-order valence-electron chi connectivity index (χ4n) is 3.88. The fraction of sp³-hybridized carbons (Fsp3) is 0.722. The zero-order valence-corrected chi connectivity index (χ0v) is 13.7. The summed E-state index contributed by atoms with van der Waals surface area (Å²) in [4.78, 5) is 4.65. The minimum Gasteiger partial charge on any atom is -0.316 e. The van der Waals surface area contributed by atoms with Gasteiger partial charge in [-0.05, 0) is 55.7 Å². The van der Waals surface area contributed by atoms with Crippen molar-refractivity contribution in [3.05, 3.63) is 29.6 Å². The van der Waals surface area contributed by atoms with Gasteiger partial charge in [0.1, 0.15) is 0 Å². The highest BCUT2D eigenvalue weighted by atomic mass is 14.9. The molecule has 0 saturated carbocycles. The van der Waals surface area contributed by atoms with E-state index in [4.69, 9.17) is 0 Å². The van der Waals surface area contributed by atoms with E-state index in [1.165, 1.54) is 36.9 Å². The molecule has 2 heteroatoms. The van der Waals surface area contributed by atoms with Crippen LogP contribution in [0, 0.1) is 11.3 Å². The van der Waals surface area contributed by atoms with Crippen LogP contribution in [0.1, 0.15) is 64.1 Å². The zero-order chi connectivity index (χ0) is 14.8. The van der Waals surface area contributed by atoms with Gasteiger partial charge in [0.2, 0.25) is 0 Å². The average molecular weight is 274 g/mol. The predicted octanol–water partition coefficient (Wildman–Crippen LogP) is 4.16. The third-order valence-electron chi connectivity index (χ3n) is 4.48. The third-order valence-corrected chi connectivity index (χ3v) is 4.48. The van der Waals surface area contributed by atoms with Crippen molar-refractivity contribution in [2.75, 3.05) is 7.05 Å². The van der Waals surface area contributed by atoms with Gasteiger partial charge < -0.3 is 5.32 Å². The van der Waals surface area contributed by atoms with Gasteiger partial charge in [0.15, 0.2) is 0 Å². The summed E-state index contributed by atoms with van der Waals surface area (Å²) >= 11 is 0. The summed E-state index contributed by atoms with van der Waals surface area (Å²) in [5.74, 6) is 1.35. The molecular weight excluding hydrogens is 244 g/mol. The lowest BCUT2D eigenvalue weighted by molar-refractivity contribution is 0.265. The summed E-state index contributed by atoms with van der Waals surface area (Å²) in [6, 6.07) is 4.87. The van der Waals surface area contributed by atoms with Crippen LogP contribution in [0.2, 0.25) is 0 Å². The first kappa shape index (κ1) is 15.5. The van der Waals surface area contributed by atoms with Crippen LogP contribution in [0.5, 0.6) is 0 Å². The van der Waals surface area contributed by atoms with Crippen molar-refractivity contribution in [2.24, 2.45) is 11.3 Å². The first-order valence-corrected chi connectivity index (χ1v) is 8.02. The number of aryl methyl sites for hydroxylation is 1. The number of likely N-dealkylation sites (N-methyl/N-ethyl adjacent to an activating group) is 1. The van der Waals surface area contributed by atoms with Gasteiger partial charge in [0.05, 0.1) is 0 Å². The van der Waals surface area contributed by atoms with Crippen LogP contribution in [0.3, 0.4) is 0 Å². The van der Waals surface area contributed by atoms with Crippen LogP contribution < -0.4 is 5.32 Å². The molecule has 2 nitrogen and oxygen atoms in total. The molecule has 1 aromatic heterocycles. The van der Waals surface area contributed by atoms with Gasteiger partial charge in [-0.1, -0.05) is 33.8 Å². The molecule has 3 unspecified atom stereocenters. The molecule has 0 aromatic carbocycles. The third kappa shape index (κ3) is 3.82. The van der Waals surface area contributed by atoms with E-state index in [-0.39, 0.29) is 0 Å². The second kappa shape index (κ2) is 6.26. The van der Waals surface area contributed by atoms with Crippen molar-refractivity contribution < 1.29 is 0 Å². The van der Waals surface area contributed by atoms with E-state index in [0.717, 1.165) is 5.92 Å². The van der Waals surface area contributed by atoms with Crippen molar-refractivity contribution in [3.63, 3.8) is 0 Å². The summed E-state index contributed by atoms with van der Waals surface area (Å²) in [6.45, 7) is 9.41. The molecule has 0 aliphatic heterocycles. The van der Waals surface area contributed by atoms with E-state index in [1.807, 2.05) is 6.20 Å². The van der Waals surface area contributed by atoms with Crippen molar-refractivity contribution in [2.45, 2.75) is 65.3 Å². The molecule has 1 aromatic rings. The van der Waals surface area contributed by atoms with Crippen LogP contribution in [-0.2, 0) is 6.42 Å². The molecular formula is C18H30N2. The van der Waals surface area contributed by atoms with Crippen LogP contribution >= 0.6 is 0 Å². The predicted molar refractivity (Wildman–Crippen MR) is 86.0 cm³/mol. The number of nitrogens with one attached hydrogen (secondary N) is 1. The Balaban J connectivity index is 2.03. The number of aromatic nitrogens is 1. The van der Waals surface area contributed by atoms with Crippen LogP contribution in [0.25, 0.3) is 0 Å². The molecule has 0 fully saturated rings. The summed E-state index contributed by atoms with van der Waals surface area (Å²) in [5, 5.41) is 3.56. The maximum atomic E-state index is 4.65. The van der Waals surface area contributed by atoms with E-state index in [0.29, 0.717) is 17.4 Å². The lowest BCUT2D eigenvalue weighted by Gasteiger charge is -2.29. The van der Waals surface area contributed by atoms with Gasteiger partial charge in [-0.2, -0.15) is 0 Å². The molecule has 1 aliphatic carbocycles. The molecule has 0 radical (unpaired) electrons. The lowest BCUT2D eigenvalue weighted by Crippen LogP contribution is -2.34. The number of pyridine rings is 1. The van der Waals surface area contributed by atoms with E-state index in [1.54, 1.807) is 0 Å². The van der Waals surface area contributed by atoms with E-state index in [9.17, 15) is 0 Å². The Morgan fingerprint density at radius 2 is 2.15 bits per heavy atom. The van der Waals surface area contributed by atoms with Crippen molar-refractivity contribution >= 4 is 0 Å². The molecule has 1 heterocycles. The molecule has 2 rings (SSSR count). The maximum absolute atomic E-state index is 4.65. The summed E-state index contributed by atoms with van der Waals surface area (Å²) in [5.41, 5.74) is 3.22. The Bertz CT molecular complexity index is 433. The number of fused-ring (bicyclic) bond motifs is 1. The van der Waals surface area contributed by atoms with Gasteiger partial charge in [0, 0.05) is 23.9 Å². The Hall–Kier alpha value is -0.890. The van der Waals surface area contributed by atoms with Gasteiger partial charge in [0.25, 0.3) is 0 Å². The topological polar surface area (TPSA) is 24.9 Å². The van der Waals surface area contributed by atoms with Gasteiger partial charge in [-0.3, -0.25) is 4.98 Å². The van der Waals surface area contributed by atoms with Crippen LogP contribution in [0.15, 0.2) is 18.3 Å². The molecule has 0 bridgehead atoms. The highest BCUT2D eigenvalue weighted by molar-refractivity contribution is 5.29. The molecule has 0 saturated heterocycles. The van der Waals surface area contributed by atoms with Crippen molar-refractivity contribution in [3.8, 4) is 0 Å². The Morgan fingerprint density at radius 1 is 1.40 bits per heavy atom. The van der Waals surface area contributed by atoms with E-state index in [2.05, 4.69) is 57.2 Å². The SMILES string of the molecule is CNC(CC(C)CC(C)(C)C)C1CCc2cccnc21. The average Bonchev–Trinajstić information content (AvgIpc) is 2.77. The number of nitrogens with zero attached hydrogens (tertiary/aromatic N) is 1. The smallest absolute Gasteiger partial charge is 0.0482 e. The summed E-state index contributed by atoms with van der Waals surface area (Å²) < 4.78 is 0. The molecule has 112 valence electrons. The Labute approximate surface area is 124 Å². The van der Waals surface area contributed by atoms with E-state index >= 15 is 0 Å². The highest BCUT2D eigenvalue weighted by Gasteiger charge is 2.31.